The van der Waals surface area contributed by atoms with E-state index in [0.29, 0.717) is 6.04 Å². The summed E-state index contributed by atoms with van der Waals surface area (Å²) < 4.78 is 0. The summed E-state index contributed by atoms with van der Waals surface area (Å²) >= 11 is 0. The molecule has 0 amide bonds. The lowest BCUT2D eigenvalue weighted by molar-refractivity contribution is 0.152. The fraction of sp³-hybridized carbons (Fsp3) is 0.300. The first kappa shape index (κ1) is 15.0. The Morgan fingerprint density at radius 3 is 2.50 bits per heavy atom. The van der Waals surface area contributed by atoms with E-state index in [-0.39, 0.29) is 0 Å². The van der Waals surface area contributed by atoms with Crippen LogP contribution in [-0.2, 0) is 6.54 Å². The molecule has 1 radical (unpaired) electrons. The molecule has 0 saturated carbocycles. The van der Waals surface area contributed by atoms with Crippen molar-refractivity contribution in [1.82, 2.24) is 10.2 Å². The molecule has 1 aliphatic rings. The van der Waals surface area contributed by atoms with Crippen LogP contribution in [0, 0.1) is 0 Å². The van der Waals surface area contributed by atoms with Gasteiger partial charge in [-0.05, 0) is 17.5 Å². The van der Waals surface area contributed by atoms with Crippen molar-refractivity contribution < 1.29 is 0 Å². The number of hydrogen-bond acceptors (Lipinski definition) is 1. The van der Waals surface area contributed by atoms with E-state index in [1.54, 1.807) is 0 Å². The Labute approximate surface area is 133 Å². The van der Waals surface area contributed by atoms with E-state index in [1.165, 1.54) is 11.1 Å². The van der Waals surface area contributed by atoms with Crippen molar-refractivity contribution in [3.05, 3.63) is 77.9 Å². The van der Waals surface area contributed by atoms with E-state index in [4.69, 9.17) is 0 Å². The van der Waals surface area contributed by atoms with Gasteiger partial charge in [0.25, 0.3) is 0 Å². The second kappa shape index (κ2) is 7.92. The zero-order valence-electron chi connectivity index (χ0n) is 12.9. The summed E-state index contributed by atoms with van der Waals surface area (Å²) in [5.74, 6) is 0. The molecule has 1 aliphatic heterocycles. The lowest BCUT2D eigenvalue weighted by Gasteiger charge is -2.35. The van der Waals surface area contributed by atoms with Crippen molar-refractivity contribution in [2.75, 3.05) is 19.6 Å². The molecule has 0 aliphatic carbocycles. The molecule has 2 nitrogen and oxygen atoms in total. The third-order valence-electron chi connectivity index (χ3n) is 4.15. The largest absolute Gasteiger partial charge is 0.293 e. The number of hydrogen-bond donors (Lipinski definition) is 0. The molecule has 0 spiro atoms. The molecule has 1 fully saturated rings. The molecule has 22 heavy (non-hydrogen) atoms. The Bertz CT molecular complexity index is 577. The molecule has 2 aromatic rings. The van der Waals surface area contributed by atoms with Crippen molar-refractivity contribution in [2.45, 2.75) is 19.0 Å². The highest BCUT2D eigenvalue weighted by Crippen LogP contribution is 2.14. The fourth-order valence-corrected chi connectivity index (χ4v) is 2.91. The molecule has 113 valence electrons. The van der Waals surface area contributed by atoms with Gasteiger partial charge in [-0.1, -0.05) is 72.8 Å². The number of rotatable bonds is 5. The maximum absolute atomic E-state index is 4.60. The molecule has 2 heteroatoms. The van der Waals surface area contributed by atoms with Gasteiger partial charge in [-0.2, -0.15) is 0 Å². The molecule has 1 unspecified atom stereocenters. The average molecular weight is 291 g/mol. The van der Waals surface area contributed by atoms with E-state index in [1.807, 2.05) is 0 Å². The Hall–Kier alpha value is -1.90. The number of piperazine rings is 1. The van der Waals surface area contributed by atoms with Gasteiger partial charge in [0.15, 0.2) is 0 Å². The summed E-state index contributed by atoms with van der Waals surface area (Å²) in [6, 6.07) is 21.8. The van der Waals surface area contributed by atoms with Crippen LogP contribution in [0.2, 0.25) is 0 Å². The quantitative estimate of drug-likeness (QED) is 0.823. The zero-order valence-corrected chi connectivity index (χ0v) is 12.9. The first-order valence-corrected chi connectivity index (χ1v) is 8.04. The topological polar surface area (TPSA) is 17.3 Å². The van der Waals surface area contributed by atoms with Crippen LogP contribution in [0.4, 0.5) is 0 Å². The minimum Gasteiger partial charge on any atom is -0.293 e. The first-order valence-electron chi connectivity index (χ1n) is 8.04. The first-order chi connectivity index (χ1) is 10.9. The summed E-state index contributed by atoms with van der Waals surface area (Å²) in [6.07, 6.45) is 5.57. The summed E-state index contributed by atoms with van der Waals surface area (Å²) in [5.41, 5.74) is 2.66. The second-order valence-electron chi connectivity index (χ2n) is 5.79. The van der Waals surface area contributed by atoms with Crippen LogP contribution in [0.5, 0.6) is 0 Å². The van der Waals surface area contributed by atoms with Crippen molar-refractivity contribution in [2.24, 2.45) is 0 Å². The fourth-order valence-electron chi connectivity index (χ4n) is 2.91. The lowest BCUT2D eigenvalue weighted by atomic mass is 10.1. The minimum absolute atomic E-state index is 0.522. The van der Waals surface area contributed by atoms with Crippen LogP contribution in [0.1, 0.15) is 17.5 Å². The highest BCUT2D eigenvalue weighted by Gasteiger charge is 2.21. The standard InChI is InChI=1S/C20H23N2/c1-3-8-18(9-4-1)12-7-13-20-16-21-14-15-22(20)17-19-10-5-2-6-11-19/h1-12,20H,13-17H2. The Kier molecular flexibility index (Phi) is 5.41. The third kappa shape index (κ3) is 4.30. The van der Waals surface area contributed by atoms with Crippen molar-refractivity contribution >= 4 is 6.08 Å². The van der Waals surface area contributed by atoms with Gasteiger partial charge in [0, 0.05) is 32.2 Å². The summed E-state index contributed by atoms with van der Waals surface area (Å²) in [6.45, 7) is 4.01. The number of nitrogens with zero attached hydrogens (tertiary/aromatic N) is 2. The van der Waals surface area contributed by atoms with Crippen molar-refractivity contribution in [3.8, 4) is 0 Å². The SMILES string of the molecule is C(=Cc1ccccc1)CC1C[N]CCN1Cc1ccccc1. The molecular weight excluding hydrogens is 268 g/mol. The van der Waals surface area contributed by atoms with Crippen LogP contribution in [0.15, 0.2) is 66.7 Å². The van der Waals surface area contributed by atoms with Gasteiger partial charge in [-0.15, -0.1) is 0 Å². The molecule has 0 aromatic heterocycles. The van der Waals surface area contributed by atoms with Gasteiger partial charge in [0.2, 0.25) is 0 Å². The normalized spacial score (nSPS) is 19.5. The van der Waals surface area contributed by atoms with E-state index in [9.17, 15) is 0 Å². The molecule has 1 heterocycles. The van der Waals surface area contributed by atoms with Gasteiger partial charge < -0.3 is 0 Å². The Balaban J connectivity index is 1.59. The van der Waals surface area contributed by atoms with Crippen molar-refractivity contribution in [1.29, 1.82) is 0 Å². The molecule has 3 rings (SSSR count). The van der Waals surface area contributed by atoms with Gasteiger partial charge in [-0.25, -0.2) is 5.32 Å². The van der Waals surface area contributed by atoms with E-state index in [2.05, 4.69) is 83.0 Å². The summed E-state index contributed by atoms with van der Waals surface area (Å²) in [4.78, 5) is 2.57. The zero-order chi connectivity index (χ0) is 15.0. The van der Waals surface area contributed by atoms with E-state index in [0.717, 1.165) is 32.6 Å². The van der Waals surface area contributed by atoms with Crippen LogP contribution in [0.25, 0.3) is 6.08 Å². The maximum atomic E-state index is 4.60. The summed E-state index contributed by atoms with van der Waals surface area (Å²) in [5, 5.41) is 4.60. The van der Waals surface area contributed by atoms with Gasteiger partial charge in [0.1, 0.15) is 0 Å². The predicted octanol–water partition coefficient (Wildman–Crippen LogP) is 3.58. The molecule has 1 saturated heterocycles. The van der Waals surface area contributed by atoms with E-state index >= 15 is 0 Å². The molecule has 0 N–H and O–H groups in total. The highest BCUT2D eigenvalue weighted by atomic mass is 15.2. The van der Waals surface area contributed by atoms with Crippen molar-refractivity contribution in [3.63, 3.8) is 0 Å². The van der Waals surface area contributed by atoms with Gasteiger partial charge >= 0.3 is 0 Å². The van der Waals surface area contributed by atoms with Crippen LogP contribution in [-0.4, -0.2) is 30.6 Å². The van der Waals surface area contributed by atoms with Gasteiger partial charge in [-0.3, -0.25) is 4.90 Å². The van der Waals surface area contributed by atoms with Crippen LogP contribution in [0.3, 0.4) is 0 Å². The monoisotopic (exact) mass is 291 g/mol. The predicted molar refractivity (Wildman–Crippen MR) is 92.6 cm³/mol. The lowest BCUT2D eigenvalue weighted by Crippen LogP contribution is -2.47. The Morgan fingerprint density at radius 2 is 1.73 bits per heavy atom. The molecular formula is C20H23N2. The maximum Gasteiger partial charge on any atom is 0.0293 e. The summed E-state index contributed by atoms with van der Waals surface area (Å²) in [7, 11) is 0. The molecule has 2 aromatic carbocycles. The van der Waals surface area contributed by atoms with Crippen LogP contribution >= 0.6 is 0 Å². The van der Waals surface area contributed by atoms with E-state index < -0.39 is 0 Å². The second-order valence-corrected chi connectivity index (χ2v) is 5.79. The smallest absolute Gasteiger partial charge is 0.0293 e. The average Bonchev–Trinajstić information content (AvgIpc) is 2.58. The molecule has 0 bridgehead atoms. The Morgan fingerprint density at radius 1 is 1.00 bits per heavy atom. The third-order valence-corrected chi connectivity index (χ3v) is 4.15. The minimum atomic E-state index is 0.522. The van der Waals surface area contributed by atoms with Crippen LogP contribution < -0.4 is 5.32 Å². The van der Waals surface area contributed by atoms with Gasteiger partial charge in [0.05, 0.1) is 0 Å². The number of benzene rings is 2. The highest BCUT2D eigenvalue weighted by molar-refractivity contribution is 5.48. The molecule has 1 atom stereocenters.